The number of para-hydroxylation sites is 1. The van der Waals surface area contributed by atoms with Gasteiger partial charge in [0.15, 0.2) is 0 Å². The van der Waals surface area contributed by atoms with Crippen LogP contribution in [0, 0.1) is 0 Å². The molecule has 0 unspecified atom stereocenters. The minimum atomic E-state index is 0.909. The van der Waals surface area contributed by atoms with Gasteiger partial charge in [-0.3, -0.25) is 0 Å². The van der Waals surface area contributed by atoms with Crippen LogP contribution < -0.4 is 0 Å². The average molecular weight is 737 g/mol. The second-order valence-corrected chi connectivity index (χ2v) is 15.5. The molecule has 2 heteroatoms. The van der Waals surface area contributed by atoms with E-state index in [2.05, 4.69) is 182 Å². The van der Waals surface area contributed by atoms with Crippen molar-refractivity contribution < 1.29 is 8.83 Å². The lowest BCUT2D eigenvalue weighted by Gasteiger charge is -2.18. The Morgan fingerprint density at radius 1 is 0.241 bits per heavy atom. The van der Waals surface area contributed by atoms with Gasteiger partial charge in [-0.15, -0.1) is 0 Å². The quantitative estimate of drug-likeness (QED) is 0.133. The number of fused-ring (bicyclic) bond motifs is 15. The summed E-state index contributed by atoms with van der Waals surface area (Å²) >= 11 is 0. The fourth-order valence-corrected chi connectivity index (χ4v) is 9.82. The van der Waals surface area contributed by atoms with Crippen molar-refractivity contribution in [1.29, 1.82) is 0 Å². The minimum Gasteiger partial charge on any atom is -0.456 e. The maximum atomic E-state index is 6.83. The van der Waals surface area contributed by atoms with Crippen LogP contribution in [0.3, 0.4) is 0 Å². The standard InChI is InChI=1S/C56H32O2/c1-2-12-38-34(11-1)25-29-47-54-41-15-4-3-13-39(41)48-31-36(26-28-46(48)56(54)58-55(38)47)33-21-23-35(24-22-33)52-42-16-5-7-18-44(42)53(45-19-8-6-17-43(45)52)37-27-30-51-49(32-37)40-14-9-10-20-50(40)57-51/h1-32H. The van der Waals surface area contributed by atoms with Crippen molar-refractivity contribution in [3.63, 3.8) is 0 Å². The summed E-state index contributed by atoms with van der Waals surface area (Å²) in [5.74, 6) is 0. The summed E-state index contributed by atoms with van der Waals surface area (Å²) in [6.45, 7) is 0. The molecule has 0 aliphatic rings. The molecular weight excluding hydrogens is 705 g/mol. The summed E-state index contributed by atoms with van der Waals surface area (Å²) in [4.78, 5) is 0. The van der Waals surface area contributed by atoms with E-state index in [-0.39, 0.29) is 0 Å². The molecule has 0 atom stereocenters. The molecule has 0 N–H and O–H groups in total. The normalized spacial score (nSPS) is 12.1. The van der Waals surface area contributed by atoms with Gasteiger partial charge in [0.05, 0.1) is 0 Å². The first kappa shape index (κ1) is 31.5. The van der Waals surface area contributed by atoms with Crippen LogP contribution in [0.15, 0.2) is 203 Å². The van der Waals surface area contributed by atoms with Crippen LogP contribution >= 0.6 is 0 Å². The van der Waals surface area contributed by atoms with Gasteiger partial charge in [-0.05, 0) is 113 Å². The average Bonchev–Trinajstić information content (AvgIpc) is 3.87. The van der Waals surface area contributed by atoms with E-state index in [9.17, 15) is 0 Å². The topological polar surface area (TPSA) is 26.3 Å². The second kappa shape index (κ2) is 11.9. The molecule has 2 heterocycles. The molecule has 0 radical (unpaired) electrons. The van der Waals surface area contributed by atoms with E-state index in [0.717, 1.165) is 49.3 Å². The first-order valence-electron chi connectivity index (χ1n) is 19.9. The first-order chi connectivity index (χ1) is 28.8. The van der Waals surface area contributed by atoms with Gasteiger partial charge in [-0.1, -0.05) is 158 Å². The minimum absolute atomic E-state index is 0.909. The van der Waals surface area contributed by atoms with Crippen molar-refractivity contribution in [2.75, 3.05) is 0 Å². The van der Waals surface area contributed by atoms with Gasteiger partial charge in [-0.25, -0.2) is 0 Å². The van der Waals surface area contributed by atoms with Crippen LogP contribution in [0.5, 0.6) is 0 Å². The van der Waals surface area contributed by atoms with E-state index in [1.165, 1.54) is 81.9 Å². The van der Waals surface area contributed by atoms with Gasteiger partial charge in [0.1, 0.15) is 22.3 Å². The SMILES string of the molecule is c1ccc2c(c1)ccc1c2oc2c3ccc(-c4ccc(-c5c6ccccc6c(-c6ccc7oc8ccccc8c7c6)c6ccccc56)cc4)cc3c3ccccc3c12. The lowest BCUT2D eigenvalue weighted by atomic mass is 9.85. The Bertz CT molecular complexity index is 3790. The molecule has 0 spiro atoms. The van der Waals surface area contributed by atoms with E-state index >= 15 is 0 Å². The van der Waals surface area contributed by atoms with Gasteiger partial charge in [0, 0.05) is 32.3 Å². The molecule has 0 aliphatic heterocycles. The van der Waals surface area contributed by atoms with Crippen LogP contribution in [0.2, 0.25) is 0 Å². The van der Waals surface area contributed by atoms with Crippen molar-refractivity contribution in [2.45, 2.75) is 0 Å². The van der Waals surface area contributed by atoms with Crippen LogP contribution in [0.25, 0.3) is 131 Å². The number of rotatable bonds is 3. The zero-order chi connectivity index (χ0) is 37.9. The smallest absolute Gasteiger partial charge is 0.143 e. The van der Waals surface area contributed by atoms with Crippen molar-refractivity contribution in [3.8, 4) is 33.4 Å². The number of benzene rings is 11. The molecule has 2 nitrogen and oxygen atoms in total. The summed E-state index contributed by atoms with van der Waals surface area (Å²) in [5.41, 5.74) is 11.0. The Kier molecular flexibility index (Phi) is 6.47. The highest BCUT2D eigenvalue weighted by molar-refractivity contribution is 6.32. The van der Waals surface area contributed by atoms with Gasteiger partial charge in [0.25, 0.3) is 0 Å². The Balaban J connectivity index is 0.972. The van der Waals surface area contributed by atoms with E-state index in [1.807, 2.05) is 12.1 Å². The summed E-state index contributed by atoms with van der Waals surface area (Å²) < 4.78 is 13.0. The predicted molar refractivity (Wildman–Crippen MR) is 245 cm³/mol. The molecule has 0 aliphatic carbocycles. The molecule has 0 fully saturated rings. The van der Waals surface area contributed by atoms with Gasteiger partial charge in [0.2, 0.25) is 0 Å². The summed E-state index contributed by atoms with van der Waals surface area (Å²) in [6, 6.07) is 70.3. The highest BCUT2D eigenvalue weighted by Gasteiger charge is 2.20. The number of hydrogen-bond acceptors (Lipinski definition) is 2. The van der Waals surface area contributed by atoms with Gasteiger partial charge in [-0.2, -0.15) is 0 Å². The fourth-order valence-electron chi connectivity index (χ4n) is 9.82. The lowest BCUT2D eigenvalue weighted by molar-refractivity contribution is 0.669. The molecule has 13 aromatic rings. The molecule has 0 saturated carbocycles. The zero-order valence-electron chi connectivity index (χ0n) is 31.3. The van der Waals surface area contributed by atoms with E-state index in [0.29, 0.717) is 0 Å². The number of hydrogen-bond donors (Lipinski definition) is 0. The Morgan fingerprint density at radius 3 is 1.50 bits per heavy atom. The molecule has 0 amide bonds. The maximum absolute atomic E-state index is 6.83. The third kappa shape index (κ3) is 4.43. The summed E-state index contributed by atoms with van der Waals surface area (Å²) in [7, 11) is 0. The zero-order valence-corrected chi connectivity index (χ0v) is 31.3. The monoisotopic (exact) mass is 736 g/mol. The molecule has 0 bridgehead atoms. The van der Waals surface area contributed by atoms with Crippen molar-refractivity contribution in [1.82, 2.24) is 0 Å². The highest BCUT2D eigenvalue weighted by Crippen LogP contribution is 2.46. The largest absolute Gasteiger partial charge is 0.456 e. The van der Waals surface area contributed by atoms with Crippen LogP contribution in [0.1, 0.15) is 0 Å². The van der Waals surface area contributed by atoms with Crippen molar-refractivity contribution >= 4 is 97.7 Å². The van der Waals surface area contributed by atoms with Crippen molar-refractivity contribution in [3.05, 3.63) is 194 Å². The molecule has 2 aromatic heterocycles. The molecule has 11 aromatic carbocycles. The van der Waals surface area contributed by atoms with Crippen LogP contribution in [-0.4, -0.2) is 0 Å². The fraction of sp³-hybridized carbons (Fsp3) is 0. The molecule has 58 heavy (non-hydrogen) atoms. The molecular formula is C56H32O2. The van der Waals surface area contributed by atoms with E-state index in [4.69, 9.17) is 8.83 Å². The molecule has 268 valence electrons. The third-order valence-electron chi connectivity index (χ3n) is 12.4. The number of furan rings is 2. The highest BCUT2D eigenvalue weighted by atomic mass is 16.3. The third-order valence-corrected chi connectivity index (χ3v) is 12.4. The maximum Gasteiger partial charge on any atom is 0.143 e. The van der Waals surface area contributed by atoms with Crippen LogP contribution in [-0.2, 0) is 0 Å². The Hall–Kier alpha value is -7.68. The van der Waals surface area contributed by atoms with Gasteiger partial charge >= 0.3 is 0 Å². The van der Waals surface area contributed by atoms with E-state index < -0.39 is 0 Å². The van der Waals surface area contributed by atoms with Crippen LogP contribution in [0.4, 0.5) is 0 Å². The Labute approximate surface area is 332 Å². The van der Waals surface area contributed by atoms with Crippen molar-refractivity contribution in [2.24, 2.45) is 0 Å². The first-order valence-corrected chi connectivity index (χ1v) is 19.9. The molecule has 0 saturated heterocycles. The molecule has 13 rings (SSSR count). The lowest BCUT2D eigenvalue weighted by Crippen LogP contribution is -1.91. The summed E-state index contributed by atoms with van der Waals surface area (Å²) in [6.07, 6.45) is 0. The second-order valence-electron chi connectivity index (χ2n) is 15.5. The Morgan fingerprint density at radius 2 is 0.759 bits per heavy atom. The van der Waals surface area contributed by atoms with E-state index in [1.54, 1.807) is 0 Å². The summed E-state index contributed by atoms with van der Waals surface area (Å²) in [5, 5.41) is 16.7. The van der Waals surface area contributed by atoms with Gasteiger partial charge < -0.3 is 8.83 Å². The predicted octanol–water partition coefficient (Wildman–Crippen LogP) is 16.3.